The smallest absolute Gasteiger partial charge is 0.317 e. The molecule has 1 saturated heterocycles. The van der Waals surface area contributed by atoms with Crippen molar-refractivity contribution in [2.24, 2.45) is 0 Å². The van der Waals surface area contributed by atoms with Gasteiger partial charge in [0.05, 0.1) is 0 Å². The molecule has 1 aliphatic rings. The van der Waals surface area contributed by atoms with Crippen LogP contribution in [0.4, 0.5) is 4.79 Å². The molecule has 1 aliphatic heterocycles. The van der Waals surface area contributed by atoms with Gasteiger partial charge >= 0.3 is 6.03 Å². The molecule has 0 bridgehead atoms. The average molecular weight is 171 g/mol. The van der Waals surface area contributed by atoms with Crippen LogP contribution in [0.5, 0.6) is 0 Å². The van der Waals surface area contributed by atoms with Crippen LogP contribution < -0.4 is 10.6 Å². The molecule has 0 aromatic heterocycles. The molecule has 1 heterocycles. The highest BCUT2D eigenvalue weighted by Crippen LogP contribution is 1.95. The molecule has 0 spiro atoms. The van der Waals surface area contributed by atoms with Gasteiger partial charge < -0.3 is 15.5 Å². The number of hydrogen-bond donors (Lipinski definition) is 2. The zero-order valence-electron chi connectivity index (χ0n) is 7.09. The first kappa shape index (κ1) is 8.83. The first-order chi connectivity index (χ1) is 5.74. The molecule has 0 unspecified atom stereocenters. The normalized spacial score (nSPS) is 18.1. The Morgan fingerprint density at radius 1 is 1.67 bits per heavy atom. The zero-order valence-corrected chi connectivity index (χ0v) is 7.09. The van der Waals surface area contributed by atoms with Crippen molar-refractivity contribution in [3.63, 3.8) is 0 Å². The van der Waals surface area contributed by atoms with Crippen molar-refractivity contribution in [3.05, 3.63) is 0 Å². The van der Waals surface area contributed by atoms with Crippen LogP contribution in [0.3, 0.4) is 0 Å². The maximum atomic E-state index is 11.1. The summed E-state index contributed by atoms with van der Waals surface area (Å²) in [6.45, 7) is 1.46. The summed E-state index contributed by atoms with van der Waals surface area (Å²) < 4.78 is 0. The van der Waals surface area contributed by atoms with Gasteiger partial charge in [-0.1, -0.05) is 0 Å². The van der Waals surface area contributed by atoms with E-state index < -0.39 is 0 Å². The minimum Gasteiger partial charge on any atom is -0.354 e. The molecule has 0 saturated carbocycles. The fourth-order valence-corrected chi connectivity index (χ4v) is 1.14. The van der Waals surface area contributed by atoms with Crippen LogP contribution in [0, 0.1) is 0 Å². The first-order valence-electron chi connectivity index (χ1n) is 3.97. The SMILES string of the molecule is CNC(=O)N1CCCNC(=O)C1. The number of nitrogens with one attached hydrogen (secondary N) is 2. The number of carbonyl (C=O) groups is 2. The van der Waals surface area contributed by atoms with Gasteiger partial charge in [0.15, 0.2) is 0 Å². The second kappa shape index (κ2) is 3.94. The quantitative estimate of drug-likeness (QED) is 0.498. The molecule has 0 radical (unpaired) electrons. The van der Waals surface area contributed by atoms with Gasteiger partial charge in [0, 0.05) is 20.1 Å². The maximum absolute atomic E-state index is 11.1. The molecule has 0 aromatic carbocycles. The van der Waals surface area contributed by atoms with E-state index in [0.717, 1.165) is 6.42 Å². The Balaban J connectivity index is 2.51. The molecular weight excluding hydrogens is 158 g/mol. The number of amides is 3. The fraction of sp³-hybridized carbons (Fsp3) is 0.714. The summed E-state index contributed by atoms with van der Waals surface area (Å²) in [7, 11) is 1.56. The van der Waals surface area contributed by atoms with Crippen molar-refractivity contribution in [1.29, 1.82) is 0 Å². The molecule has 2 N–H and O–H groups in total. The van der Waals surface area contributed by atoms with Crippen molar-refractivity contribution in [2.45, 2.75) is 6.42 Å². The molecule has 5 heteroatoms. The van der Waals surface area contributed by atoms with E-state index in [4.69, 9.17) is 0 Å². The molecule has 0 aromatic rings. The predicted molar refractivity (Wildman–Crippen MR) is 43.7 cm³/mol. The van der Waals surface area contributed by atoms with Gasteiger partial charge in [-0.25, -0.2) is 4.79 Å². The maximum Gasteiger partial charge on any atom is 0.317 e. The zero-order chi connectivity index (χ0) is 8.97. The Bertz CT molecular complexity index is 193. The number of hydrogen-bond acceptors (Lipinski definition) is 2. The van der Waals surface area contributed by atoms with E-state index in [1.165, 1.54) is 4.90 Å². The Hall–Kier alpha value is -1.26. The van der Waals surface area contributed by atoms with E-state index in [1.54, 1.807) is 7.05 Å². The Kier molecular flexibility index (Phi) is 2.90. The van der Waals surface area contributed by atoms with E-state index in [1.807, 2.05) is 0 Å². The fourth-order valence-electron chi connectivity index (χ4n) is 1.14. The van der Waals surface area contributed by atoms with E-state index in [0.29, 0.717) is 13.1 Å². The monoisotopic (exact) mass is 171 g/mol. The summed E-state index contributed by atoms with van der Waals surface area (Å²) in [5.41, 5.74) is 0. The molecule has 3 amide bonds. The van der Waals surface area contributed by atoms with Gasteiger partial charge in [0.2, 0.25) is 5.91 Å². The molecule has 1 fully saturated rings. The second-order valence-electron chi connectivity index (χ2n) is 2.68. The van der Waals surface area contributed by atoms with Gasteiger partial charge in [-0.15, -0.1) is 0 Å². The minimum atomic E-state index is -0.188. The molecule has 1 rings (SSSR count). The van der Waals surface area contributed by atoms with Crippen LogP contribution in [0.15, 0.2) is 0 Å². The van der Waals surface area contributed by atoms with E-state index in [-0.39, 0.29) is 18.5 Å². The molecule has 12 heavy (non-hydrogen) atoms. The van der Waals surface area contributed by atoms with Crippen LogP contribution in [-0.4, -0.2) is 43.5 Å². The average Bonchev–Trinajstić information content (AvgIpc) is 2.28. The summed E-state index contributed by atoms with van der Waals surface area (Å²) in [6, 6.07) is -0.188. The summed E-state index contributed by atoms with van der Waals surface area (Å²) >= 11 is 0. The van der Waals surface area contributed by atoms with E-state index in [9.17, 15) is 9.59 Å². The Morgan fingerprint density at radius 2 is 2.42 bits per heavy atom. The molecule has 0 atom stereocenters. The molecular formula is C7H13N3O2. The summed E-state index contributed by atoms with van der Waals surface area (Å²) in [5, 5.41) is 5.18. The largest absolute Gasteiger partial charge is 0.354 e. The van der Waals surface area contributed by atoms with Crippen LogP contribution in [0.2, 0.25) is 0 Å². The molecule has 68 valence electrons. The lowest BCUT2D eigenvalue weighted by molar-refractivity contribution is -0.121. The standard InChI is InChI=1S/C7H13N3O2/c1-8-7(12)10-4-2-3-9-6(11)5-10/h2-5H2,1H3,(H,8,12)(H,9,11). The van der Waals surface area contributed by atoms with Crippen LogP contribution in [0.25, 0.3) is 0 Å². The van der Waals surface area contributed by atoms with Crippen molar-refractivity contribution in [3.8, 4) is 0 Å². The van der Waals surface area contributed by atoms with Crippen LogP contribution >= 0.6 is 0 Å². The molecule has 5 nitrogen and oxygen atoms in total. The molecule has 0 aliphatic carbocycles. The van der Waals surface area contributed by atoms with Gasteiger partial charge in [-0.3, -0.25) is 4.79 Å². The van der Waals surface area contributed by atoms with Crippen LogP contribution in [0.1, 0.15) is 6.42 Å². The van der Waals surface area contributed by atoms with E-state index >= 15 is 0 Å². The van der Waals surface area contributed by atoms with E-state index in [2.05, 4.69) is 10.6 Å². The third kappa shape index (κ3) is 2.11. The van der Waals surface area contributed by atoms with Crippen molar-refractivity contribution >= 4 is 11.9 Å². The first-order valence-corrected chi connectivity index (χ1v) is 3.97. The highest BCUT2D eigenvalue weighted by molar-refractivity contribution is 5.84. The lowest BCUT2D eigenvalue weighted by atomic mass is 10.4. The summed E-state index contributed by atoms with van der Waals surface area (Å²) in [4.78, 5) is 23.6. The number of carbonyl (C=O) groups excluding carboxylic acids is 2. The summed E-state index contributed by atoms with van der Waals surface area (Å²) in [6.07, 6.45) is 0.819. The third-order valence-corrected chi connectivity index (χ3v) is 1.76. The predicted octanol–water partition coefficient (Wildman–Crippen LogP) is -0.852. The third-order valence-electron chi connectivity index (χ3n) is 1.76. The minimum absolute atomic E-state index is 0.0869. The van der Waals surface area contributed by atoms with Gasteiger partial charge in [0.1, 0.15) is 6.54 Å². The number of urea groups is 1. The lowest BCUT2D eigenvalue weighted by Crippen LogP contribution is -2.42. The van der Waals surface area contributed by atoms with Crippen molar-refractivity contribution in [2.75, 3.05) is 26.7 Å². The van der Waals surface area contributed by atoms with Crippen molar-refractivity contribution < 1.29 is 9.59 Å². The lowest BCUT2D eigenvalue weighted by Gasteiger charge is -2.17. The number of rotatable bonds is 0. The van der Waals surface area contributed by atoms with Gasteiger partial charge in [-0.2, -0.15) is 0 Å². The van der Waals surface area contributed by atoms with Gasteiger partial charge in [0.25, 0.3) is 0 Å². The summed E-state index contributed by atoms with van der Waals surface area (Å²) in [5.74, 6) is -0.0869. The van der Waals surface area contributed by atoms with Crippen molar-refractivity contribution in [1.82, 2.24) is 15.5 Å². The Morgan fingerprint density at radius 3 is 3.08 bits per heavy atom. The highest BCUT2D eigenvalue weighted by Gasteiger charge is 2.17. The highest BCUT2D eigenvalue weighted by atomic mass is 16.2. The number of nitrogens with zero attached hydrogens (tertiary/aromatic N) is 1. The Labute approximate surface area is 71.1 Å². The van der Waals surface area contributed by atoms with Gasteiger partial charge in [-0.05, 0) is 6.42 Å². The second-order valence-corrected chi connectivity index (χ2v) is 2.68. The topological polar surface area (TPSA) is 61.4 Å². The van der Waals surface area contributed by atoms with Crippen LogP contribution in [-0.2, 0) is 4.79 Å².